The van der Waals surface area contributed by atoms with Crippen LogP contribution in [0.5, 0.6) is 5.75 Å². The molecular formula is C14H18N2O2. The van der Waals surface area contributed by atoms with Gasteiger partial charge >= 0.3 is 0 Å². The van der Waals surface area contributed by atoms with Gasteiger partial charge in [0.15, 0.2) is 6.10 Å². The highest BCUT2D eigenvalue weighted by atomic mass is 16.5. The monoisotopic (exact) mass is 246 g/mol. The van der Waals surface area contributed by atoms with Gasteiger partial charge in [0.2, 0.25) is 0 Å². The lowest BCUT2D eigenvalue weighted by Crippen LogP contribution is -2.46. The summed E-state index contributed by atoms with van der Waals surface area (Å²) in [6.45, 7) is 2.76. The number of rotatable bonds is 1. The molecule has 2 heterocycles. The van der Waals surface area contributed by atoms with Gasteiger partial charge in [-0.05, 0) is 25.0 Å². The number of hydrogen-bond acceptors (Lipinski definition) is 3. The van der Waals surface area contributed by atoms with Crippen LogP contribution < -0.4 is 10.5 Å². The van der Waals surface area contributed by atoms with Gasteiger partial charge in [-0.2, -0.15) is 0 Å². The Morgan fingerprint density at radius 1 is 1.44 bits per heavy atom. The van der Waals surface area contributed by atoms with Gasteiger partial charge < -0.3 is 15.4 Å². The van der Waals surface area contributed by atoms with Crippen LogP contribution in [0.1, 0.15) is 18.9 Å². The number of para-hydroxylation sites is 1. The van der Waals surface area contributed by atoms with E-state index in [2.05, 4.69) is 0 Å². The Balaban J connectivity index is 1.73. The molecule has 0 saturated carbocycles. The van der Waals surface area contributed by atoms with E-state index in [0.717, 1.165) is 24.3 Å². The lowest BCUT2D eigenvalue weighted by molar-refractivity contribution is -0.138. The van der Waals surface area contributed by atoms with E-state index in [1.165, 1.54) is 0 Å². The molecule has 1 aromatic rings. The molecule has 1 saturated heterocycles. The highest BCUT2D eigenvalue weighted by Crippen LogP contribution is 2.30. The first-order chi connectivity index (χ1) is 8.66. The summed E-state index contributed by atoms with van der Waals surface area (Å²) in [5.41, 5.74) is 7.07. The number of hydrogen-bond donors (Lipinski definition) is 1. The number of carbonyl (C=O) groups is 1. The Kier molecular flexibility index (Phi) is 2.74. The van der Waals surface area contributed by atoms with E-state index in [1.54, 1.807) is 0 Å². The normalized spacial score (nSPS) is 30.1. The zero-order valence-corrected chi connectivity index (χ0v) is 10.5. The molecule has 4 heteroatoms. The molecule has 0 aromatic heterocycles. The second kappa shape index (κ2) is 4.28. The van der Waals surface area contributed by atoms with Crippen molar-refractivity contribution in [2.75, 3.05) is 6.54 Å². The van der Waals surface area contributed by atoms with Crippen molar-refractivity contribution in [1.82, 2.24) is 4.90 Å². The summed E-state index contributed by atoms with van der Waals surface area (Å²) in [5.74, 6) is 0.915. The second-order valence-corrected chi connectivity index (χ2v) is 5.14. The second-order valence-electron chi connectivity index (χ2n) is 5.14. The molecule has 2 aliphatic rings. The number of ether oxygens (including phenoxy) is 1. The molecule has 2 aliphatic heterocycles. The third kappa shape index (κ3) is 1.77. The minimum atomic E-state index is -0.366. The van der Waals surface area contributed by atoms with Crippen molar-refractivity contribution in [3.63, 3.8) is 0 Å². The van der Waals surface area contributed by atoms with E-state index in [9.17, 15) is 4.79 Å². The van der Waals surface area contributed by atoms with Crippen LogP contribution in [-0.4, -0.2) is 35.5 Å². The molecule has 0 bridgehead atoms. The Morgan fingerprint density at radius 3 is 2.89 bits per heavy atom. The molecule has 1 aromatic carbocycles. The summed E-state index contributed by atoms with van der Waals surface area (Å²) < 4.78 is 5.73. The summed E-state index contributed by atoms with van der Waals surface area (Å²) in [4.78, 5) is 14.3. The van der Waals surface area contributed by atoms with Crippen LogP contribution in [0.2, 0.25) is 0 Å². The number of nitrogens with two attached hydrogens (primary N) is 1. The van der Waals surface area contributed by atoms with Gasteiger partial charge in [-0.25, -0.2) is 0 Å². The maximum Gasteiger partial charge on any atom is 0.264 e. The average Bonchev–Trinajstić information content (AvgIpc) is 2.94. The van der Waals surface area contributed by atoms with E-state index in [1.807, 2.05) is 36.1 Å². The molecule has 4 nitrogen and oxygen atoms in total. The number of nitrogens with zero attached hydrogens (tertiary/aromatic N) is 1. The Morgan fingerprint density at radius 2 is 2.22 bits per heavy atom. The quantitative estimate of drug-likeness (QED) is 0.802. The fourth-order valence-corrected chi connectivity index (χ4v) is 2.78. The van der Waals surface area contributed by atoms with Crippen LogP contribution in [0.15, 0.2) is 24.3 Å². The van der Waals surface area contributed by atoms with E-state index in [4.69, 9.17) is 10.5 Å². The maximum absolute atomic E-state index is 12.4. The lowest BCUT2D eigenvalue weighted by atomic mass is 10.1. The zero-order valence-electron chi connectivity index (χ0n) is 10.5. The molecule has 0 spiro atoms. The van der Waals surface area contributed by atoms with E-state index < -0.39 is 0 Å². The number of likely N-dealkylation sites (tertiary alicyclic amines) is 1. The topological polar surface area (TPSA) is 55.6 Å². The Labute approximate surface area is 107 Å². The molecule has 96 valence electrons. The SMILES string of the molecule is CC1C(N)CCN1C(=O)C1Cc2ccccc2O1. The predicted molar refractivity (Wildman–Crippen MR) is 68.3 cm³/mol. The molecule has 3 rings (SSSR count). The zero-order chi connectivity index (χ0) is 12.7. The first-order valence-electron chi connectivity index (χ1n) is 6.47. The molecule has 18 heavy (non-hydrogen) atoms. The average molecular weight is 246 g/mol. The van der Waals surface area contributed by atoms with Gasteiger partial charge in [0.05, 0.1) is 0 Å². The van der Waals surface area contributed by atoms with Crippen molar-refractivity contribution in [3.05, 3.63) is 29.8 Å². The van der Waals surface area contributed by atoms with Crippen LogP contribution in [0, 0.1) is 0 Å². The summed E-state index contributed by atoms with van der Waals surface area (Å²) in [6, 6.07) is 8.05. The fraction of sp³-hybridized carbons (Fsp3) is 0.500. The molecule has 3 atom stereocenters. The van der Waals surface area contributed by atoms with Gasteiger partial charge in [0.1, 0.15) is 5.75 Å². The highest BCUT2D eigenvalue weighted by molar-refractivity contribution is 5.83. The number of fused-ring (bicyclic) bond motifs is 1. The summed E-state index contributed by atoms with van der Waals surface area (Å²) in [6.07, 6.45) is 1.19. The highest BCUT2D eigenvalue weighted by Gasteiger charge is 2.38. The van der Waals surface area contributed by atoms with Crippen molar-refractivity contribution < 1.29 is 9.53 Å². The van der Waals surface area contributed by atoms with E-state index in [0.29, 0.717) is 6.42 Å². The van der Waals surface area contributed by atoms with E-state index in [-0.39, 0.29) is 24.1 Å². The predicted octanol–water partition coefficient (Wildman–Crippen LogP) is 0.938. The van der Waals surface area contributed by atoms with Gasteiger partial charge in [-0.3, -0.25) is 4.79 Å². The molecular weight excluding hydrogens is 228 g/mol. The standard InChI is InChI=1S/C14H18N2O2/c1-9-11(15)6-7-16(9)14(17)13-8-10-4-2-3-5-12(10)18-13/h2-5,9,11,13H,6-8,15H2,1H3. The Hall–Kier alpha value is -1.55. The van der Waals surface area contributed by atoms with Gasteiger partial charge in [0, 0.05) is 25.0 Å². The largest absolute Gasteiger partial charge is 0.480 e. The van der Waals surface area contributed by atoms with Crippen molar-refractivity contribution in [3.8, 4) is 5.75 Å². The van der Waals surface area contributed by atoms with Crippen LogP contribution in [0.3, 0.4) is 0 Å². The summed E-state index contributed by atoms with van der Waals surface area (Å²) >= 11 is 0. The third-order valence-corrected chi connectivity index (χ3v) is 4.02. The minimum Gasteiger partial charge on any atom is -0.480 e. The third-order valence-electron chi connectivity index (χ3n) is 4.02. The van der Waals surface area contributed by atoms with Crippen LogP contribution >= 0.6 is 0 Å². The van der Waals surface area contributed by atoms with Crippen LogP contribution in [0.4, 0.5) is 0 Å². The van der Waals surface area contributed by atoms with Crippen LogP contribution in [0.25, 0.3) is 0 Å². The molecule has 1 amide bonds. The smallest absolute Gasteiger partial charge is 0.264 e. The molecule has 0 radical (unpaired) electrons. The van der Waals surface area contributed by atoms with Crippen molar-refractivity contribution in [2.24, 2.45) is 5.73 Å². The summed E-state index contributed by atoms with van der Waals surface area (Å²) in [7, 11) is 0. The molecule has 0 aliphatic carbocycles. The van der Waals surface area contributed by atoms with Crippen molar-refractivity contribution in [1.29, 1.82) is 0 Å². The van der Waals surface area contributed by atoms with Gasteiger partial charge in [0.25, 0.3) is 5.91 Å². The molecule has 2 N–H and O–H groups in total. The maximum atomic E-state index is 12.4. The number of carbonyl (C=O) groups excluding carboxylic acids is 1. The van der Waals surface area contributed by atoms with Gasteiger partial charge in [-0.1, -0.05) is 18.2 Å². The van der Waals surface area contributed by atoms with E-state index >= 15 is 0 Å². The summed E-state index contributed by atoms with van der Waals surface area (Å²) in [5, 5.41) is 0. The molecule has 3 unspecified atom stereocenters. The Bertz CT molecular complexity index is 450. The van der Waals surface area contributed by atoms with Gasteiger partial charge in [-0.15, -0.1) is 0 Å². The van der Waals surface area contributed by atoms with Crippen molar-refractivity contribution in [2.45, 2.75) is 38.0 Å². The molecule has 1 fully saturated rings. The fourth-order valence-electron chi connectivity index (χ4n) is 2.78. The van der Waals surface area contributed by atoms with Crippen LogP contribution in [-0.2, 0) is 11.2 Å². The first kappa shape index (κ1) is 11.5. The van der Waals surface area contributed by atoms with Crippen molar-refractivity contribution >= 4 is 5.91 Å². The lowest BCUT2D eigenvalue weighted by Gasteiger charge is -2.25. The number of benzene rings is 1. The minimum absolute atomic E-state index is 0.0756. The first-order valence-corrected chi connectivity index (χ1v) is 6.47. The number of amides is 1.